The Bertz CT molecular complexity index is 403. The topological polar surface area (TPSA) is 29.3 Å². The standard InChI is InChI=1S/C15H23FN2/c1-3-15(4-2)7-9-18(10-8-15)14-6-5-12(16)11-13(14)17/h5-6,11H,3-4,7-10,17H2,1-2H3. The number of halogens is 1. The van der Waals surface area contributed by atoms with Crippen LogP contribution < -0.4 is 10.6 Å². The Morgan fingerprint density at radius 1 is 1.22 bits per heavy atom. The summed E-state index contributed by atoms with van der Waals surface area (Å²) in [6, 6.07) is 4.71. The molecule has 2 nitrogen and oxygen atoms in total. The van der Waals surface area contributed by atoms with E-state index in [1.54, 1.807) is 6.07 Å². The highest BCUT2D eigenvalue weighted by Crippen LogP contribution is 2.40. The number of nitrogen functional groups attached to an aromatic ring is 1. The average molecular weight is 250 g/mol. The second-order valence-electron chi connectivity index (χ2n) is 5.40. The van der Waals surface area contributed by atoms with Gasteiger partial charge in [0.1, 0.15) is 5.82 Å². The van der Waals surface area contributed by atoms with Crippen LogP contribution in [0.15, 0.2) is 18.2 Å². The summed E-state index contributed by atoms with van der Waals surface area (Å²) in [5.41, 5.74) is 7.94. The van der Waals surface area contributed by atoms with Crippen molar-refractivity contribution in [1.29, 1.82) is 0 Å². The largest absolute Gasteiger partial charge is 0.397 e. The molecule has 3 heteroatoms. The van der Waals surface area contributed by atoms with Crippen molar-refractivity contribution in [2.45, 2.75) is 39.5 Å². The van der Waals surface area contributed by atoms with E-state index in [1.165, 1.54) is 37.8 Å². The lowest BCUT2D eigenvalue weighted by atomic mass is 9.74. The molecule has 1 aliphatic heterocycles. The van der Waals surface area contributed by atoms with Gasteiger partial charge in [0.05, 0.1) is 11.4 Å². The van der Waals surface area contributed by atoms with Crippen LogP contribution in [0, 0.1) is 11.2 Å². The summed E-state index contributed by atoms with van der Waals surface area (Å²) in [4.78, 5) is 2.29. The number of nitrogens with two attached hydrogens (primary N) is 1. The molecule has 2 N–H and O–H groups in total. The normalized spacial score (nSPS) is 18.9. The molecule has 1 saturated heterocycles. The highest BCUT2D eigenvalue weighted by atomic mass is 19.1. The van der Waals surface area contributed by atoms with Crippen LogP contribution in [0.25, 0.3) is 0 Å². The fourth-order valence-corrected chi connectivity index (χ4v) is 2.99. The zero-order chi connectivity index (χ0) is 13.2. The lowest BCUT2D eigenvalue weighted by Gasteiger charge is -2.42. The van der Waals surface area contributed by atoms with Gasteiger partial charge in [-0.3, -0.25) is 0 Å². The molecule has 2 rings (SSSR count). The van der Waals surface area contributed by atoms with E-state index < -0.39 is 0 Å². The van der Waals surface area contributed by atoms with Crippen LogP contribution in [0.2, 0.25) is 0 Å². The predicted octanol–water partition coefficient (Wildman–Crippen LogP) is 3.81. The SMILES string of the molecule is CCC1(CC)CCN(c2ccc(F)cc2N)CC1. The van der Waals surface area contributed by atoms with Gasteiger partial charge in [-0.05, 0) is 36.5 Å². The molecule has 0 unspecified atom stereocenters. The molecule has 0 amide bonds. The third-order valence-electron chi connectivity index (χ3n) is 4.65. The Labute approximate surface area is 109 Å². The molecule has 100 valence electrons. The molecule has 0 bridgehead atoms. The zero-order valence-electron chi connectivity index (χ0n) is 11.4. The summed E-state index contributed by atoms with van der Waals surface area (Å²) in [7, 11) is 0. The molecule has 0 atom stereocenters. The monoisotopic (exact) mass is 250 g/mol. The highest BCUT2D eigenvalue weighted by Gasteiger charge is 2.31. The maximum atomic E-state index is 13.0. The number of piperidine rings is 1. The number of hydrogen-bond donors (Lipinski definition) is 1. The van der Waals surface area contributed by atoms with Gasteiger partial charge >= 0.3 is 0 Å². The lowest BCUT2D eigenvalue weighted by Crippen LogP contribution is -2.39. The van der Waals surface area contributed by atoms with E-state index in [0.717, 1.165) is 18.8 Å². The first-order valence-electron chi connectivity index (χ1n) is 6.90. The third-order valence-corrected chi connectivity index (χ3v) is 4.65. The van der Waals surface area contributed by atoms with Gasteiger partial charge in [-0.1, -0.05) is 26.7 Å². The minimum absolute atomic E-state index is 0.260. The van der Waals surface area contributed by atoms with Crippen LogP contribution in [-0.2, 0) is 0 Å². The fourth-order valence-electron chi connectivity index (χ4n) is 2.99. The lowest BCUT2D eigenvalue weighted by molar-refractivity contribution is 0.199. The Balaban J connectivity index is 2.10. The first kappa shape index (κ1) is 13.2. The van der Waals surface area contributed by atoms with Gasteiger partial charge in [-0.15, -0.1) is 0 Å². The summed E-state index contributed by atoms with van der Waals surface area (Å²) in [6.07, 6.45) is 4.90. The Hall–Kier alpha value is -1.25. The van der Waals surface area contributed by atoms with E-state index >= 15 is 0 Å². The van der Waals surface area contributed by atoms with Crippen LogP contribution in [0.3, 0.4) is 0 Å². The number of anilines is 2. The van der Waals surface area contributed by atoms with Crippen LogP contribution in [0.4, 0.5) is 15.8 Å². The first-order chi connectivity index (χ1) is 8.60. The van der Waals surface area contributed by atoms with Crippen molar-refractivity contribution in [3.63, 3.8) is 0 Å². The first-order valence-corrected chi connectivity index (χ1v) is 6.90. The summed E-state index contributed by atoms with van der Waals surface area (Å²) < 4.78 is 13.0. The van der Waals surface area contributed by atoms with E-state index in [0.29, 0.717) is 11.1 Å². The minimum atomic E-state index is -0.260. The molecule has 0 aromatic heterocycles. The van der Waals surface area contributed by atoms with Gasteiger partial charge in [0.15, 0.2) is 0 Å². The summed E-state index contributed by atoms with van der Waals surface area (Å²) in [6.45, 7) is 6.62. The van der Waals surface area contributed by atoms with Crippen molar-refractivity contribution in [3.8, 4) is 0 Å². The van der Waals surface area contributed by atoms with Gasteiger partial charge in [0.25, 0.3) is 0 Å². The van der Waals surface area contributed by atoms with E-state index in [1.807, 2.05) is 0 Å². The number of hydrogen-bond acceptors (Lipinski definition) is 2. The van der Waals surface area contributed by atoms with E-state index in [4.69, 9.17) is 5.73 Å². The molecule has 1 heterocycles. The number of benzene rings is 1. The second-order valence-corrected chi connectivity index (χ2v) is 5.40. The predicted molar refractivity (Wildman–Crippen MR) is 75.3 cm³/mol. The van der Waals surface area contributed by atoms with Gasteiger partial charge in [0.2, 0.25) is 0 Å². The fraction of sp³-hybridized carbons (Fsp3) is 0.600. The molecule has 18 heavy (non-hydrogen) atoms. The van der Waals surface area contributed by atoms with Gasteiger partial charge in [0, 0.05) is 13.1 Å². The van der Waals surface area contributed by atoms with Crippen molar-refractivity contribution in [1.82, 2.24) is 0 Å². The maximum absolute atomic E-state index is 13.0. The molecule has 1 aromatic carbocycles. The summed E-state index contributed by atoms with van der Waals surface area (Å²) >= 11 is 0. The highest BCUT2D eigenvalue weighted by molar-refractivity contribution is 5.67. The van der Waals surface area contributed by atoms with Crippen molar-refractivity contribution in [3.05, 3.63) is 24.0 Å². The quantitative estimate of drug-likeness (QED) is 0.826. The molecule has 0 saturated carbocycles. The molecule has 1 fully saturated rings. The van der Waals surface area contributed by atoms with E-state index in [2.05, 4.69) is 18.7 Å². The van der Waals surface area contributed by atoms with Crippen molar-refractivity contribution >= 4 is 11.4 Å². The zero-order valence-corrected chi connectivity index (χ0v) is 11.4. The van der Waals surface area contributed by atoms with Crippen LogP contribution in [-0.4, -0.2) is 13.1 Å². The van der Waals surface area contributed by atoms with Crippen LogP contribution in [0.5, 0.6) is 0 Å². The Morgan fingerprint density at radius 2 is 1.83 bits per heavy atom. The van der Waals surface area contributed by atoms with Gasteiger partial charge < -0.3 is 10.6 Å². The molecular weight excluding hydrogens is 227 g/mol. The number of rotatable bonds is 3. The van der Waals surface area contributed by atoms with Crippen molar-refractivity contribution in [2.24, 2.45) is 5.41 Å². The second kappa shape index (κ2) is 5.17. The molecule has 1 aromatic rings. The van der Waals surface area contributed by atoms with Crippen LogP contribution in [0.1, 0.15) is 39.5 Å². The van der Waals surface area contributed by atoms with E-state index in [9.17, 15) is 4.39 Å². The van der Waals surface area contributed by atoms with Gasteiger partial charge in [-0.25, -0.2) is 4.39 Å². The average Bonchev–Trinajstić information content (AvgIpc) is 2.39. The smallest absolute Gasteiger partial charge is 0.125 e. The summed E-state index contributed by atoms with van der Waals surface area (Å²) in [5, 5.41) is 0. The number of nitrogens with zero attached hydrogens (tertiary/aromatic N) is 1. The van der Waals surface area contributed by atoms with Crippen LogP contribution >= 0.6 is 0 Å². The molecule has 0 aliphatic carbocycles. The summed E-state index contributed by atoms with van der Waals surface area (Å²) in [5.74, 6) is -0.260. The minimum Gasteiger partial charge on any atom is -0.397 e. The molecule has 0 spiro atoms. The van der Waals surface area contributed by atoms with Crippen molar-refractivity contribution < 1.29 is 4.39 Å². The Morgan fingerprint density at radius 3 is 2.33 bits per heavy atom. The van der Waals surface area contributed by atoms with Crippen molar-refractivity contribution in [2.75, 3.05) is 23.7 Å². The maximum Gasteiger partial charge on any atom is 0.125 e. The Kier molecular flexibility index (Phi) is 3.79. The van der Waals surface area contributed by atoms with Gasteiger partial charge in [-0.2, -0.15) is 0 Å². The third kappa shape index (κ3) is 2.45. The molecule has 1 aliphatic rings. The van der Waals surface area contributed by atoms with E-state index in [-0.39, 0.29) is 5.82 Å². The molecule has 0 radical (unpaired) electrons. The molecular formula is C15H23FN2.